The largest absolute Gasteiger partial charge is 0.380 e. The fraction of sp³-hybridized carbons (Fsp3) is 1.00. The van der Waals surface area contributed by atoms with Gasteiger partial charge in [0.25, 0.3) is 0 Å². The normalized spacial score (nSPS) is 26.8. The minimum atomic E-state index is 0.267. The maximum atomic E-state index is 5.67. The molecule has 0 unspecified atom stereocenters. The molecule has 2 rings (SSSR count). The quantitative estimate of drug-likeness (QED) is 0.763. The molecule has 1 saturated carbocycles. The first-order valence-electron chi connectivity index (χ1n) is 7.66. The topological polar surface area (TPSA) is 24.5 Å². The molecule has 1 N–H and O–H groups in total. The summed E-state index contributed by atoms with van der Waals surface area (Å²) in [7, 11) is 0. The molecule has 1 saturated heterocycles. The summed E-state index contributed by atoms with van der Waals surface area (Å²) in [4.78, 5) is 2.64. The standard InChI is InChI=1S/C15H30N2O/c1-4-10-18-11-9-17-13-15(7-5-6-8-15)16-12-14(17,2)3/h16H,4-13H2,1-3H3. The Balaban J connectivity index is 1.87. The number of hydrogen-bond donors (Lipinski definition) is 1. The Kier molecular flexibility index (Phi) is 4.68. The third-order valence-corrected chi connectivity index (χ3v) is 4.66. The molecule has 0 amide bonds. The molecule has 3 heteroatoms. The molecule has 0 aromatic rings. The molecule has 1 spiro atoms. The van der Waals surface area contributed by atoms with Crippen LogP contribution in [0.5, 0.6) is 0 Å². The first-order chi connectivity index (χ1) is 8.58. The molecule has 0 radical (unpaired) electrons. The zero-order valence-electron chi connectivity index (χ0n) is 12.4. The van der Waals surface area contributed by atoms with E-state index in [0.29, 0.717) is 5.54 Å². The zero-order valence-corrected chi connectivity index (χ0v) is 12.4. The smallest absolute Gasteiger partial charge is 0.0593 e. The van der Waals surface area contributed by atoms with Crippen LogP contribution in [0.4, 0.5) is 0 Å². The second kappa shape index (κ2) is 5.89. The Hall–Kier alpha value is -0.120. The molecule has 2 aliphatic rings. The predicted molar refractivity (Wildman–Crippen MR) is 76.0 cm³/mol. The SMILES string of the molecule is CCCOCCN1CC2(CCCC2)NCC1(C)C. The Morgan fingerprint density at radius 3 is 2.56 bits per heavy atom. The van der Waals surface area contributed by atoms with Crippen molar-refractivity contribution in [3.63, 3.8) is 0 Å². The summed E-state index contributed by atoms with van der Waals surface area (Å²) in [6, 6.07) is 0. The summed E-state index contributed by atoms with van der Waals surface area (Å²) in [5.74, 6) is 0. The van der Waals surface area contributed by atoms with Crippen LogP contribution in [-0.4, -0.2) is 48.8 Å². The van der Waals surface area contributed by atoms with Crippen molar-refractivity contribution in [2.75, 3.05) is 32.8 Å². The zero-order chi connectivity index (χ0) is 13.1. The monoisotopic (exact) mass is 254 g/mol. The van der Waals surface area contributed by atoms with Crippen LogP contribution in [0, 0.1) is 0 Å². The van der Waals surface area contributed by atoms with Gasteiger partial charge in [0.2, 0.25) is 0 Å². The van der Waals surface area contributed by atoms with Crippen molar-refractivity contribution >= 4 is 0 Å². The number of piperazine rings is 1. The number of hydrogen-bond acceptors (Lipinski definition) is 3. The van der Waals surface area contributed by atoms with E-state index < -0.39 is 0 Å². The van der Waals surface area contributed by atoms with Crippen molar-refractivity contribution in [1.29, 1.82) is 0 Å². The summed E-state index contributed by atoms with van der Waals surface area (Å²) in [5.41, 5.74) is 0.684. The summed E-state index contributed by atoms with van der Waals surface area (Å²) < 4.78 is 5.67. The Morgan fingerprint density at radius 2 is 1.89 bits per heavy atom. The molecule has 0 aromatic heterocycles. The van der Waals surface area contributed by atoms with Crippen LogP contribution in [0.2, 0.25) is 0 Å². The highest BCUT2D eigenvalue weighted by molar-refractivity contribution is 5.04. The van der Waals surface area contributed by atoms with Crippen molar-refractivity contribution in [3.05, 3.63) is 0 Å². The molecule has 1 aliphatic heterocycles. The molecule has 0 bridgehead atoms. The van der Waals surface area contributed by atoms with Crippen LogP contribution in [0.3, 0.4) is 0 Å². The van der Waals surface area contributed by atoms with E-state index in [1.54, 1.807) is 0 Å². The second-order valence-corrected chi connectivity index (χ2v) is 6.69. The van der Waals surface area contributed by atoms with Crippen molar-refractivity contribution in [2.45, 2.75) is 64.0 Å². The number of nitrogens with zero attached hydrogens (tertiary/aromatic N) is 1. The molecule has 1 aliphatic carbocycles. The number of rotatable bonds is 5. The van der Waals surface area contributed by atoms with E-state index in [1.165, 1.54) is 32.2 Å². The molecule has 106 valence electrons. The molecule has 18 heavy (non-hydrogen) atoms. The lowest BCUT2D eigenvalue weighted by atomic mass is 9.87. The molecule has 3 nitrogen and oxygen atoms in total. The number of ether oxygens (including phenoxy) is 1. The first-order valence-corrected chi connectivity index (χ1v) is 7.66. The molecule has 0 atom stereocenters. The molecule has 1 heterocycles. The third-order valence-electron chi connectivity index (χ3n) is 4.66. The molecular weight excluding hydrogens is 224 g/mol. The van der Waals surface area contributed by atoms with Gasteiger partial charge in [-0.25, -0.2) is 0 Å². The van der Waals surface area contributed by atoms with Gasteiger partial charge >= 0.3 is 0 Å². The van der Waals surface area contributed by atoms with Crippen molar-refractivity contribution in [3.8, 4) is 0 Å². The minimum Gasteiger partial charge on any atom is -0.380 e. The first kappa shape index (κ1) is 14.3. The predicted octanol–water partition coefficient (Wildman–Crippen LogP) is 2.41. The van der Waals surface area contributed by atoms with Gasteiger partial charge < -0.3 is 10.1 Å². The highest BCUT2D eigenvalue weighted by atomic mass is 16.5. The maximum absolute atomic E-state index is 5.67. The van der Waals surface area contributed by atoms with E-state index in [0.717, 1.165) is 32.7 Å². The number of nitrogens with one attached hydrogen (secondary N) is 1. The fourth-order valence-electron chi connectivity index (χ4n) is 3.34. The van der Waals surface area contributed by atoms with Crippen LogP contribution in [0.15, 0.2) is 0 Å². The fourth-order valence-corrected chi connectivity index (χ4v) is 3.34. The lowest BCUT2D eigenvalue weighted by molar-refractivity contribution is 0.00332. The third kappa shape index (κ3) is 3.25. The second-order valence-electron chi connectivity index (χ2n) is 6.69. The average molecular weight is 254 g/mol. The maximum Gasteiger partial charge on any atom is 0.0593 e. The van der Waals surface area contributed by atoms with E-state index in [2.05, 4.69) is 31.0 Å². The Morgan fingerprint density at radius 1 is 1.17 bits per heavy atom. The van der Waals surface area contributed by atoms with Crippen molar-refractivity contribution < 1.29 is 4.74 Å². The van der Waals surface area contributed by atoms with Crippen LogP contribution in [0.25, 0.3) is 0 Å². The van der Waals surface area contributed by atoms with Gasteiger partial charge in [-0.15, -0.1) is 0 Å². The minimum absolute atomic E-state index is 0.267. The van der Waals surface area contributed by atoms with Gasteiger partial charge in [0, 0.05) is 37.3 Å². The average Bonchev–Trinajstić information content (AvgIpc) is 2.78. The van der Waals surface area contributed by atoms with Crippen molar-refractivity contribution in [2.24, 2.45) is 0 Å². The highest BCUT2D eigenvalue weighted by Crippen LogP contribution is 2.35. The van der Waals surface area contributed by atoms with Gasteiger partial charge in [-0.05, 0) is 33.1 Å². The van der Waals surface area contributed by atoms with Crippen LogP contribution in [0.1, 0.15) is 52.9 Å². The molecule has 0 aromatic carbocycles. The van der Waals surface area contributed by atoms with Gasteiger partial charge in [0.15, 0.2) is 0 Å². The van der Waals surface area contributed by atoms with Crippen LogP contribution < -0.4 is 5.32 Å². The van der Waals surface area contributed by atoms with Crippen LogP contribution in [-0.2, 0) is 4.74 Å². The summed E-state index contributed by atoms with van der Waals surface area (Å²) in [6.07, 6.45) is 6.63. The van der Waals surface area contributed by atoms with Gasteiger partial charge in [-0.2, -0.15) is 0 Å². The lowest BCUT2D eigenvalue weighted by Gasteiger charge is -2.51. The summed E-state index contributed by atoms with van der Waals surface area (Å²) in [5, 5.41) is 3.83. The summed E-state index contributed by atoms with van der Waals surface area (Å²) in [6.45, 7) is 12.0. The highest BCUT2D eigenvalue weighted by Gasteiger charge is 2.43. The van der Waals surface area contributed by atoms with E-state index in [4.69, 9.17) is 4.74 Å². The van der Waals surface area contributed by atoms with Crippen molar-refractivity contribution in [1.82, 2.24) is 10.2 Å². The Labute approximate surface area is 112 Å². The molecular formula is C15H30N2O. The lowest BCUT2D eigenvalue weighted by Crippen LogP contribution is -2.67. The van der Waals surface area contributed by atoms with Gasteiger partial charge in [-0.1, -0.05) is 19.8 Å². The Bertz CT molecular complexity index is 259. The van der Waals surface area contributed by atoms with Crippen LogP contribution >= 0.6 is 0 Å². The van der Waals surface area contributed by atoms with E-state index in [-0.39, 0.29) is 5.54 Å². The van der Waals surface area contributed by atoms with E-state index in [9.17, 15) is 0 Å². The van der Waals surface area contributed by atoms with Gasteiger partial charge in [0.05, 0.1) is 6.61 Å². The summed E-state index contributed by atoms with van der Waals surface area (Å²) >= 11 is 0. The van der Waals surface area contributed by atoms with Gasteiger partial charge in [-0.3, -0.25) is 4.90 Å². The van der Waals surface area contributed by atoms with Gasteiger partial charge in [0.1, 0.15) is 0 Å². The molecule has 2 fully saturated rings. The van der Waals surface area contributed by atoms with E-state index in [1.807, 2.05) is 0 Å². The van der Waals surface area contributed by atoms with E-state index >= 15 is 0 Å².